The van der Waals surface area contributed by atoms with Crippen LogP contribution >= 0.6 is 0 Å². The minimum atomic E-state index is -0.193. The minimum absolute atomic E-state index is 0.193. The Balaban J connectivity index is 2.33. The van der Waals surface area contributed by atoms with Crippen LogP contribution in [0.4, 0.5) is 5.69 Å². The predicted octanol–water partition coefficient (Wildman–Crippen LogP) is 1.53. The second kappa shape index (κ2) is 2.73. The monoisotopic (exact) mass is 198 g/mol. The maximum Gasteiger partial charge on any atom is 0.271 e. The summed E-state index contributed by atoms with van der Waals surface area (Å²) in [6.07, 6.45) is 0.793. The predicted molar refractivity (Wildman–Crippen MR) is 59.7 cm³/mol. The summed E-state index contributed by atoms with van der Waals surface area (Å²) in [7, 11) is 0. The van der Waals surface area contributed by atoms with Crippen molar-refractivity contribution in [1.29, 1.82) is 0 Å². The fourth-order valence-electron chi connectivity index (χ4n) is 2.09. The second-order valence-electron chi connectivity index (χ2n) is 3.78. The normalized spacial score (nSPS) is 12.3. The summed E-state index contributed by atoms with van der Waals surface area (Å²) in [5.74, 6) is 0. The lowest BCUT2D eigenvalue weighted by Crippen LogP contribution is -2.13. The molecule has 1 aromatic heterocycles. The molecule has 0 radical (unpaired) electrons. The fourth-order valence-corrected chi connectivity index (χ4v) is 2.09. The molecule has 1 heterocycles. The van der Waals surface area contributed by atoms with E-state index in [1.165, 1.54) is 11.1 Å². The van der Waals surface area contributed by atoms with E-state index in [-0.39, 0.29) is 11.2 Å². The van der Waals surface area contributed by atoms with Crippen LogP contribution in [0.1, 0.15) is 11.3 Å². The van der Waals surface area contributed by atoms with E-state index in [4.69, 9.17) is 5.73 Å². The summed E-state index contributed by atoms with van der Waals surface area (Å²) in [6.45, 7) is 0. The SMILES string of the molecule is Nc1cc2c([nH]c1=O)Cc1ccccc1-2. The van der Waals surface area contributed by atoms with Crippen LogP contribution in [-0.2, 0) is 6.42 Å². The zero-order valence-electron chi connectivity index (χ0n) is 8.08. The van der Waals surface area contributed by atoms with Gasteiger partial charge in [-0.05, 0) is 17.2 Å². The number of hydrogen-bond acceptors (Lipinski definition) is 2. The second-order valence-corrected chi connectivity index (χ2v) is 3.78. The van der Waals surface area contributed by atoms with E-state index in [1.54, 1.807) is 6.07 Å². The van der Waals surface area contributed by atoms with Crippen LogP contribution in [0.15, 0.2) is 35.1 Å². The highest BCUT2D eigenvalue weighted by atomic mass is 16.1. The summed E-state index contributed by atoms with van der Waals surface area (Å²) in [5, 5.41) is 0. The number of fused-ring (bicyclic) bond motifs is 3. The summed E-state index contributed by atoms with van der Waals surface area (Å²) < 4.78 is 0. The molecule has 1 aliphatic carbocycles. The number of anilines is 1. The Morgan fingerprint density at radius 1 is 1.20 bits per heavy atom. The number of pyridine rings is 1. The molecule has 3 nitrogen and oxygen atoms in total. The number of H-pyrrole nitrogens is 1. The average molecular weight is 198 g/mol. The van der Waals surface area contributed by atoms with Crippen molar-refractivity contribution in [2.24, 2.45) is 0 Å². The third kappa shape index (κ3) is 1.09. The van der Waals surface area contributed by atoms with Crippen LogP contribution < -0.4 is 11.3 Å². The Kier molecular flexibility index (Phi) is 1.51. The highest BCUT2D eigenvalue weighted by Gasteiger charge is 2.19. The van der Waals surface area contributed by atoms with Gasteiger partial charge in [-0.25, -0.2) is 0 Å². The molecule has 3 N–H and O–H groups in total. The number of aromatic amines is 1. The molecule has 0 saturated heterocycles. The molecule has 0 fully saturated rings. The lowest BCUT2D eigenvalue weighted by atomic mass is 10.1. The van der Waals surface area contributed by atoms with Gasteiger partial charge >= 0.3 is 0 Å². The van der Waals surface area contributed by atoms with E-state index < -0.39 is 0 Å². The Morgan fingerprint density at radius 2 is 2.00 bits per heavy atom. The molecular weight excluding hydrogens is 188 g/mol. The van der Waals surface area contributed by atoms with E-state index >= 15 is 0 Å². The van der Waals surface area contributed by atoms with E-state index in [1.807, 2.05) is 12.1 Å². The first-order valence-electron chi connectivity index (χ1n) is 4.85. The molecule has 0 saturated carbocycles. The van der Waals surface area contributed by atoms with Gasteiger partial charge in [-0.1, -0.05) is 24.3 Å². The van der Waals surface area contributed by atoms with Gasteiger partial charge in [0.05, 0.1) is 5.69 Å². The van der Waals surface area contributed by atoms with Gasteiger partial charge in [0.2, 0.25) is 0 Å². The van der Waals surface area contributed by atoms with Crippen molar-refractivity contribution in [1.82, 2.24) is 4.98 Å². The largest absolute Gasteiger partial charge is 0.394 e. The van der Waals surface area contributed by atoms with Crippen LogP contribution in [0, 0.1) is 0 Å². The first kappa shape index (κ1) is 8.29. The highest BCUT2D eigenvalue weighted by molar-refractivity contribution is 5.77. The third-order valence-electron chi connectivity index (χ3n) is 2.83. The molecular formula is C12H10N2O. The molecule has 0 atom stereocenters. The maximum absolute atomic E-state index is 11.3. The van der Waals surface area contributed by atoms with Gasteiger partial charge in [0.25, 0.3) is 5.56 Å². The standard InChI is InChI=1S/C12H10N2O/c13-10-6-9-8-4-2-1-3-7(8)5-11(9)14-12(10)15/h1-4,6H,5,13H2,(H,14,15). The van der Waals surface area contributed by atoms with Gasteiger partial charge in [-0.2, -0.15) is 0 Å². The van der Waals surface area contributed by atoms with Crippen LogP contribution in [0.25, 0.3) is 11.1 Å². The molecule has 0 spiro atoms. The number of nitrogens with one attached hydrogen (secondary N) is 1. The molecule has 0 aliphatic heterocycles. The number of aromatic nitrogens is 1. The van der Waals surface area contributed by atoms with Gasteiger partial charge in [-0.3, -0.25) is 4.79 Å². The molecule has 15 heavy (non-hydrogen) atoms. The fraction of sp³-hybridized carbons (Fsp3) is 0.0833. The van der Waals surface area contributed by atoms with Crippen molar-refractivity contribution in [3.05, 3.63) is 51.9 Å². The number of nitrogens with two attached hydrogens (primary N) is 1. The third-order valence-corrected chi connectivity index (χ3v) is 2.83. The van der Waals surface area contributed by atoms with Crippen molar-refractivity contribution < 1.29 is 0 Å². The van der Waals surface area contributed by atoms with Crippen LogP contribution in [0.5, 0.6) is 0 Å². The van der Waals surface area contributed by atoms with Gasteiger partial charge in [0.15, 0.2) is 0 Å². The van der Waals surface area contributed by atoms with Gasteiger partial charge < -0.3 is 10.7 Å². The summed E-state index contributed by atoms with van der Waals surface area (Å²) in [4.78, 5) is 14.2. The molecule has 1 aromatic carbocycles. The van der Waals surface area contributed by atoms with Crippen molar-refractivity contribution in [2.75, 3.05) is 5.73 Å². The smallest absolute Gasteiger partial charge is 0.271 e. The summed E-state index contributed by atoms with van der Waals surface area (Å²) >= 11 is 0. The minimum Gasteiger partial charge on any atom is -0.394 e. The molecule has 0 amide bonds. The van der Waals surface area contributed by atoms with Crippen molar-refractivity contribution >= 4 is 5.69 Å². The Labute approximate surface area is 86.6 Å². The summed E-state index contributed by atoms with van der Waals surface area (Å²) in [5.41, 5.74) is 10.1. The Bertz CT molecular complexity index is 599. The average Bonchev–Trinajstić information content (AvgIpc) is 2.57. The molecule has 0 unspecified atom stereocenters. The van der Waals surface area contributed by atoms with E-state index in [9.17, 15) is 4.79 Å². The van der Waals surface area contributed by atoms with Crippen LogP contribution in [0.3, 0.4) is 0 Å². The molecule has 0 bridgehead atoms. The number of benzene rings is 1. The maximum atomic E-state index is 11.3. The van der Waals surface area contributed by atoms with E-state index in [0.29, 0.717) is 0 Å². The molecule has 1 aliphatic rings. The van der Waals surface area contributed by atoms with Gasteiger partial charge in [0, 0.05) is 17.7 Å². The van der Waals surface area contributed by atoms with Crippen LogP contribution in [-0.4, -0.2) is 4.98 Å². The molecule has 3 rings (SSSR count). The van der Waals surface area contributed by atoms with E-state index in [0.717, 1.165) is 17.7 Å². The molecule has 74 valence electrons. The number of nitrogen functional groups attached to an aromatic ring is 1. The van der Waals surface area contributed by atoms with Crippen molar-refractivity contribution in [3.63, 3.8) is 0 Å². The molecule has 3 heteroatoms. The lowest BCUT2D eigenvalue weighted by Gasteiger charge is -2.00. The first-order chi connectivity index (χ1) is 7.25. The quantitative estimate of drug-likeness (QED) is 0.575. The Hall–Kier alpha value is -2.03. The molecule has 2 aromatic rings. The van der Waals surface area contributed by atoms with E-state index in [2.05, 4.69) is 17.1 Å². The number of hydrogen-bond donors (Lipinski definition) is 2. The summed E-state index contributed by atoms with van der Waals surface area (Å²) in [6, 6.07) is 9.89. The zero-order valence-corrected chi connectivity index (χ0v) is 8.08. The highest BCUT2D eigenvalue weighted by Crippen LogP contribution is 2.34. The zero-order chi connectivity index (χ0) is 10.4. The topological polar surface area (TPSA) is 58.9 Å². The van der Waals surface area contributed by atoms with Crippen molar-refractivity contribution in [3.8, 4) is 11.1 Å². The van der Waals surface area contributed by atoms with Gasteiger partial charge in [0.1, 0.15) is 0 Å². The number of rotatable bonds is 0. The van der Waals surface area contributed by atoms with Gasteiger partial charge in [-0.15, -0.1) is 0 Å². The van der Waals surface area contributed by atoms with Crippen LogP contribution in [0.2, 0.25) is 0 Å². The first-order valence-corrected chi connectivity index (χ1v) is 4.85. The van der Waals surface area contributed by atoms with Crippen molar-refractivity contribution in [2.45, 2.75) is 6.42 Å². The Morgan fingerprint density at radius 3 is 2.87 bits per heavy atom. The lowest BCUT2D eigenvalue weighted by molar-refractivity contribution is 1.09.